The van der Waals surface area contributed by atoms with Crippen LogP contribution in [0, 0.1) is 13.8 Å². The first-order valence-corrected chi connectivity index (χ1v) is 10.4. The smallest absolute Gasteiger partial charge is 0.320 e. The number of nitrogens with zero attached hydrogens (tertiary/aromatic N) is 4. The summed E-state index contributed by atoms with van der Waals surface area (Å²) >= 11 is 0. The van der Waals surface area contributed by atoms with Crippen molar-refractivity contribution in [3.8, 4) is 22.9 Å². The van der Waals surface area contributed by atoms with E-state index >= 15 is 0 Å². The van der Waals surface area contributed by atoms with Crippen molar-refractivity contribution in [2.45, 2.75) is 27.1 Å². The summed E-state index contributed by atoms with van der Waals surface area (Å²) in [6, 6.07) is 15.3. The normalized spacial score (nSPS) is 11.3. The first-order chi connectivity index (χ1) is 14.6. The van der Waals surface area contributed by atoms with Crippen molar-refractivity contribution in [2.24, 2.45) is 0 Å². The molecule has 0 radical (unpaired) electrons. The molecule has 30 heavy (non-hydrogen) atoms. The zero-order valence-electron chi connectivity index (χ0n) is 16.4. The second-order valence-corrected chi connectivity index (χ2v) is 7.64. The number of aromatic nitrogens is 4. The molecule has 9 nitrogen and oxygen atoms in total. The lowest BCUT2D eigenvalue weighted by atomic mass is 10.1. The summed E-state index contributed by atoms with van der Waals surface area (Å²) in [5, 5.41) is 15.7. The van der Waals surface area contributed by atoms with Gasteiger partial charge in [-0.1, -0.05) is 35.4 Å². The molecule has 0 aliphatic carbocycles. The summed E-state index contributed by atoms with van der Waals surface area (Å²) in [5.41, 5.74) is 3.85. The van der Waals surface area contributed by atoms with Gasteiger partial charge in [0.1, 0.15) is 13.2 Å². The molecule has 2 heterocycles. The lowest BCUT2D eigenvalue weighted by molar-refractivity contribution is 0.185. The Labute approximate surface area is 173 Å². The van der Waals surface area contributed by atoms with Crippen LogP contribution < -0.4 is 0 Å². The van der Waals surface area contributed by atoms with E-state index in [4.69, 9.17) is 17.9 Å². The van der Waals surface area contributed by atoms with Crippen LogP contribution in [0.4, 0.5) is 0 Å². The van der Waals surface area contributed by atoms with Crippen LogP contribution in [0.3, 0.4) is 0 Å². The summed E-state index contributed by atoms with van der Waals surface area (Å²) in [5.74, 6) is 1.13. The zero-order valence-corrected chi connectivity index (χ0v) is 17.4. The molecule has 0 spiro atoms. The minimum absolute atomic E-state index is 0.130. The third kappa shape index (κ3) is 5.07. The summed E-state index contributed by atoms with van der Waals surface area (Å²) in [6.45, 7) is 3.72. The first-order valence-electron chi connectivity index (χ1n) is 9.15. The van der Waals surface area contributed by atoms with Gasteiger partial charge in [-0.2, -0.15) is 0 Å². The van der Waals surface area contributed by atoms with Crippen LogP contribution in [0.1, 0.15) is 22.9 Å². The van der Waals surface area contributed by atoms with E-state index in [1.165, 1.54) is 0 Å². The Bertz CT molecular complexity index is 1050. The Morgan fingerprint density at radius 3 is 1.50 bits per heavy atom. The predicted octanol–water partition coefficient (Wildman–Crippen LogP) is 4.53. The molecule has 0 atom stereocenters. The van der Waals surface area contributed by atoms with E-state index in [0.717, 1.165) is 22.3 Å². The molecule has 0 bridgehead atoms. The Morgan fingerprint density at radius 2 is 1.10 bits per heavy atom. The monoisotopic (exact) mass is 426 g/mol. The number of aryl methyl sites for hydroxylation is 2. The SMILES string of the molecule is Cc1ccc(-c2nnc(CO[PH](=O)OCc3nnc(-c4ccc(C)cc4)o3)o2)cc1. The fourth-order valence-corrected chi connectivity index (χ4v) is 3.10. The second kappa shape index (κ2) is 9.13. The van der Waals surface area contributed by atoms with Gasteiger partial charge in [-0.3, -0.25) is 4.57 Å². The molecular formula is C20H19N4O5P. The van der Waals surface area contributed by atoms with Gasteiger partial charge in [0.05, 0.1) is 0 Å². The van der Waals surface area contributed by atoms with Crippen LogP contribution in [0.2, 0.25) is 0 Å². The van der Waals surface area contributed by atoms with Crippen LogP contribution >= 0.6 is 8.25 Å². The molecule has 0 aliphatic rings. The number of hydrogen-bond acceptors (Lipinski definition) is 9. The highest BCUT2D eigenvalue weighted by Gasteiger charge is 2.13. The molecule has 0 N–H and O–H groups in total. The average Bonchev–Trinajstić information content (AvgIpc) is 3.42. The molecular weight excluding hydrogens is 407 g/mol. The fraction of sp³-hybridized carbons (Fsp3) is 0.200. The van der Waals surface area contributed by atoms with E-state index in [9.17, 15) is 4.57 Å². The van der Waals surface area contributed by atoms with Crippen molar-refractivity contribution in [3.05, 3.63) is 71.4 Å². The Hall–Kier alpha value is -3.13. The van der Waals surface area contributed by atoms with E-state index in [1.807, 2.05) is 62.4 Å². The first kappa shape index (κ1) is 20.2. The van der Waals surface area contributed by atoms with Gasteiger partial charge >= 0.3 is 8.25 Å². The van der Waals surface area contributed by atoms with Crippen molar-refractivity contribution in [2.75, 3.05) is 0 Å². The second-order valence-electron chi connectivity index (χ2n) is 6.56. The van der Waals surface area contributed by atoms with Gasteiger partial charge in [0.25, 0.3) is 0 Å². The van der Waals surface area contributed by atoms with Gasteiger partial charge in [-0.05, 0) is 38.1 Å². The van der Waals surface area contributed by atoms with Crippen molar-refractivity contribution in [1.29, 1.82) is 0 Å². The molecule has 4 aromatic rings. The lowest BCUT2D eigenvalue weighted by Gasteiger charge is -2.01. The third-order valence-corrected chi connectivity index (χ3v) is 4.92. The largest absolute Gasteiger partial charge is 0.418 e. The van der Waals surface area contributed by atoms with E-state index in [1.54, 1.807) is 0 Å². The maximum atomic E-state index is 12.0. The molecule has 0 fully saturated rings. The predicted molar refractivity (Wildman–Crippen MR) is 108 cm³/mol. The fourth-order valence-electron chi connectivity index (χ4n) is 2.53. The topological polar surface area (TPSA) is 113 Å². The number of benzene rings is 2. The van der Waals surface area contributed by atoms with E-state index in [-0.39, 0.29) is 25.0 Å². The average molecular weight is 426 g/mol. The van der Waals surface area contributed by atoms with Crippen molar-refractivity contribution in [1.82, 2.24) is 20.4 Å². The zero-order chi connectivity index (χ0) is 20.9. The Morgan fingerprint density at radius 1 is 0.700 bits per heavy atom. The maximum Gasteiger partial charge on any atom is 0.320 e. The molecule has 10 heteroatoms. The van der Waals surface area contributed by atoms with E-state index < -0.39 is 8.25 Å². The van der Waals surface area contributed by atoms with Gasteiger partial charge in [0.15, 0.2) is 0 Å². The van der Waals surface area contributed by atoms with Crippen LogP contribution in [0.25, 0.3) is 22.9 Å². The molecule has 154 valence electrons. The molecule has 0 saturated carbocycles. The molecule has 2 aromatic heterocycles. The van der Waals surface area contributed by atoms with Gasteiger partial charge in [0.2, 0.25) is 23.6 Å². The van der Waals surface area contributed by atoms with Gasteiger partial charge in [-0.15, -0.1) is 20.4 Å². The summed E-state index contributed by atoms with van der Waals surface area (Å²) in [6.07, 6.45) is 0. The van der Waals surface area contributed by atoms with Crippen molar-refractivity contribution in [3.63, 3.8) is 0 Å². The molecule has 2 aromatic carbocycles. The molecule has 0 unspecified atom stereocenters. The van der Waals surface area contributed by atoms with Crippen molar-refractivity contribution >= 4 is 8.25 Å². The lowest BCUT2D eigenvalue weighted by Crippen LogP contribution is -1.90. The quantitative estimate of drug-likeness (QED) is 0.375. The summed E-state index contributed by atoms with van der Waals surface area (Å²) in [4.78, 5) is 0. The maximum absolute atomic E-state index is 12.0. The van der Waals surface area contributed by atoms with E-state index in [2.05, 4.69) is 20.4 Å². The molecule has 0 saturated heterocycles. The third-order valence-electron chi connectivity index (χ3n) is 4.16. The van der Waals surface area contributed by atoms with Crippen molar-refractivity contribution < 1.29 is 22.4 Å². The standard InChI is InChI=1S/C20H19N4O5P/c1-13-3-7-15(8-4-13)19-23-21-17(28-19)11-26-30(25)27-12-18-22-24-20(29-18)16-9-5-14(2)6-10-16/h3-10,30H,11-12H2,1-2H3. The number of hydrogen-bond donors (Lipinski definition) is 0. The van der Waals surface area contributed by atoms with Gasteiger partial charge in [-0.25, -0.2) is 0 Å². The van der Waals surface area contributed by atoms with Crippen LogP contribution in [0.15, 0.2) is 57.4 Å². The highest BCUT2D eigenvalue weighted by Crippen LogP contribution is 2.28. The van der Waals surface area contributed by atoms with Crippen LogP contribution in [-0.4, -0.2) is 20.4 Å². The summed E-state index contributed by atoms with van der Waals surface area (Å²) < 4.78 is 33.3. The number of rotatable bonds is 8. The molecule has 0 amide bonds. The molecule has 4 rings (SSSR count). The summed E-state index contributed by atoms with van der Waals surface area (Å²) in [7, 11) is -2.81. The Kier molecular flexibility index (Phi) is 6.13. The van der Waals surface area contributed by atoms with E-state index in [0.29, 0.717) is 11.8 Å². The van der Waals surface area contributed by atoms with Gasteiger partial charge in [0, 0.05) is 11.1 Å². The highest BCUT2D eigenvalue weighted by molar-refractivity contribution is 7.33. The minimum atomic E-state index is -2.81. The van der Waals surface area contributed by atoms with Crippen LogP contribution in [-0.2, 0) is 26.8 Å². The van der Waals surface area contributed by atoms with Gasteiger partial charge < -0.3 is 17.9 Å². The highest BCUT2D eigenvalue weighted by atomic mass is 31.1. The Balaban J connectivity index is 1.27. The van der Waals surface area contributed by atoms with Crippen LogP contribution in [0.5, 0.6) is 0 Å². The minimum Gasteiger partial charge on any atom is -0.418 e. The molecule has 0 aliphatic heterocycles.